The van der Waals surface area contributed by atoms with Gasteiger partial charge in [0.1, 0.15) is 0 Å². The van der Waals surface area contributed by atoms with Gasteiger partial charge in [-0.3, -0.25) is 9.59 Å². The number of esters is 1. The van der Waals surface area contributed by atoms with Crippen LogP contribution in [0.2, 0.25) is 0 Å². The van der Waals surface area contributed by atoms with Crippen molar-refractivity contribution < 1.29 is 19.4 Å². The number of carboxylic acids is 1. The molecule has 0 radical (unpaired) electrons. The van der Waals surface area contributed by atoms with Crippen molar-refractivity contribution in [1.82, 2.24) is 4.98 Å². The van der Waals surface area contributed by atoms with Gasteiger partial charge in [0, 0.05) is 17.1 Å². The van der Waals surface area contributed by atoms with Crippen molar-refractivity contribution in [2.24, 2.45) is 5.41 Å². The number of nitrogens with one attached hydrogen (secondary N) is 1. The molecule has 2 N–H and O–H groups in total. The van der Waals surface area contributed by atoms with Gasteiger partial charge >= 0.3 is 11.9 Å². The minimum absolute atomic E-state index is 0.154. The van der Waals surface area contributed by atoms with Gasteiger partial charge in [0.15, 0.2) is 0 Å². The van der Waals surface area contributed by atoms with Gasteiger partial charge in [-0.15, -0.1) is 0 Å². The highest BCUT2D eigenvalue weighted by Gasteiger charge is 2.37. The van der Waals surface area contributed by atoms with Crippen molar-refractivity contribution in [1.29, 1.82) is 0 Å². The molecule has 2 rings (SSSR count). The van der Waals surface area contributed by atoms with Gasteiger partial charge in [0.2, 0.25) is 0 Å². The van der Waals surface area contributed by atoms with E-state index < -0.39 is 17.4 Å². The molecule has 0 aliphatic heterocycles. The Kier molecular flexibility index (Phi) is 3.79. The van der Waals surface area contributed by atoms with Crippen LogP contribution in [0, 0.1) is 5.41 Å². The van der Waals surface area contributed by atoms with E-state index in [2.05, 4.69) is 9.72 Å². The first-order chi connectivity index (χ1) is 9.46. The highest BCUT2D eigenvalue weighted by Crippen LogP contribution is 2.31. The fourth-order valence-corrected chi connectivity index (χ4v) is 2.30. The van der Waals surface area contributed by atoms with Crippen LogP contribution in [0.1, 0.15) is 18.9 Å². The smallest absolute Gasteiger partial charge is 0.310 e. The highest BCUT2D eigenvalue weighted by molar-refractivity contribution is 5.86. The molecule has 1 heterocycles. The summed E-state index contributed by atoms with van der Waals surface area (Å²) in [7, 11) is 1.26. The van der Waals surface area contributed by atoms with E-state index in [0.29, 0.717) is 0 Å². The van der Waals surface area contributed by atoms with Crippen molar-refractivity contribution >= 4 is 22.8 Å². The first kappa shape index (κ1) is 14.1. The van der Waals surface area contributed by atoms with Crippen LogP contribution in [0.3, 0.4) is 0 Å². The van der Waals surface area contributed by atoms with Crippen LogP contribution in [0.4, 0.5) is 0 Å². The van der Waals surface area contributed by atoms with Gasteiger partial charge in [-0.1, -0.05) is 18.2 Å². The van der Waals surface area contributed by atoms with E-state index in [1.807, 2.05) is 24.3 Å². The van der Waals surface area contributed by atoms with Crippen molar-refractivity contribution in [3.05, 3.63) is 36.0 Å². The molecule has 0 bridgehead atoms. The number of H-pyrrole nitrogens is 1. The highest BCUT2D eigenvalue weighted by atomic mass is 16.5. The van der Waals surface area contributed by atoms with Gasteiger partial charge in [0.05, 0.1) is 18.9 Å². The number of fused-ring (bicyclic) bond motifs is 1. The monoisotopic (exact) mass is 275 g/mol. The molecule has 1 unspecified atom stereocenters. The van der Waals surface area contributed by atoms with Crippen LogP contribution in [-0.4, -0.2) is 29.1 Å². The lowest BCUT2D eigenvalue weighted by molar-refractivity contribution is -0.155. The second kappa shape index (κ2) is 5.36. The van der Waals surface area contributed by atoms with Crippen LogP contribution < -0.4 is 0 Å². The average molecular weight is 275 g/mol. The molecule has 0 fully saturated rings. The predicted molar refractivity (Wildman–Crippen MR) is 74.4 cm³/mol. The number of aromatic amines is 1. The number of hydrogen-bond donors (Lipinski definition) is 2. The Morgan fingerprint density at radius 2 is 2.05 bits per heavy atom. The van der Waals surface area contributed by atoms with Crippen molar-refractivity contribution in [3.8, 4) is 0 Å². The van der Waals surface area contributed by atoms with Crippen LogP contribution in [0.15, 0.2) is 30.5 Å². The number of aromatic nitrogens is 1. The third-order valence-corrected chi connectivity index (χ3v) is 3.53. The number of carbonyl (C=O) groups excluding carboxylic acids is 1. The Morgan fingerprint density at radius 3 is 2.70 bits per heavy atom. The number of ether oxygens (including phenoxy) is 1. The molecule has 2 aromatic rings. The molecular formula is C15H17NO4. The zero-order chi connectivity index (χ0) is 14.8. The van der Waals surface area contributed by atoms with E-state index in [-0.39, 0.29) is 12.8 Å². The van der Waals surface area contributed by atoms with E-state index >= 15 is 0 Å². The molecule has 5 heteroatoms. The van der Waals surface area contributed by atoms with Crippen molar-refractivity contribution in [2.75, 3.05) is 7.11 Å². The fraction of sp³-hybridized carbons (Fsp3) is 0.333. The summed E-state index contributed by atoms with van der Waals surface area (Å²) < 4.78 is 4.59. The van der Waals surface area contributed by atoms with Gasteiger partial charge in [0.25, 0.3) is 0 Å². The molecule has 0 amide bonds. The van der Waals surface area contributed by atoms with E-state index in [0.717, 1.165) is 16.5 Å². The number of para-hydroxylation sites is 1. The Labute approximate surface area is 116 Å². The van der Waals surface area contributed by atoms with Crippen molar-refractivity contribution in [2.45, 2.75) is 19.8 Å². The number of aliphatic carboxylic acids is 1. The topological polar surface area (TPSA) is 79.4 Å². The van der Waals surface area contributed by atoms with E-state index in [9.17, 15) is 14.7 Å². The molecule has 0 saturated carbocycles. The zero-order valence-corrected chi connectivity index (χ0v) is 11.5. The number of benzene rings is 1. The summed E-state index contributed by atoms with van der Waals surface area (Å²) in [6, 6.07) is 7.67. The van der Waals surface area contributed by atoms with Crippen LogP contribution >= 0.6 is 0 Å². The molecule has 0 saturated heterocycles. The second-order valence-corrected chi connectivity index (χ2v) is 5.15. The molecule has 5 nitrogen and oxygen atoms in total. The summed E-state index contributed by atoms with van der Waals surface area (Å²) in [5, 5.41) is 10.4. The van der Waals surface area contributed by atoms with E-state index in [4.69, 9.17) is 0 Å². The SMILES string of the molecule is COC(=O)CC(C)(Cc1c[nH]c2ccccc12)C(=O)O. The Morgan fingerprint density at radius 1 is 1.35 bits per heavy atom. The summed E-state index contributed by atoms with van der Waals surface area (Å²) in [4.78, 5) is 26.1. The number of carbonyl (C=O) groups is 2. The fourth-order valence-electron chi connectivity index (χ4n) is 2.30. The Hall–Kier alpha value is -2.30. The molecular weight excluding hydrogens is 258 g/mol. The third kappa shape index (κ3) is 2.66. The first-order valence-corrected chi connectivity index (χ1v) is 6.31. The molecule has 0 aliphatic carbocycles. The maximum absolute atomic E-state index is 11.5. The molecule has 1 atom stereocenters. The Bertz CT molecular complexity index is 646. The number of rotatable bonds is 5. The van der Waals surface area contributed by atoms with Crippen molar-refractivity contribution in [3.63, 3.8) is 0 Å². The molecule has 20 heavy (non-hydrogen) atoms. The summed E-state index contributed by atoms with van der Waals surface area (Å²) in [5.41, 5.74) is 0.653. The maximum Gasteiger partial charge on any atom is 0.310 e. The minimum atomic E-state index is -1.18. The normalized spacial score (nSPS) is 13.9. The third-order valence-electron chi connectivity index (χ3n) is 3.53. The first-order valence-electron chi connectivity index (χ1n) is 6.31. The lowest BCUT2D eigenvalue weighted by atomic mass is 9.80. The summed E-state index contributed by atoms with van der Waals surface area (Å²) >= 11 is 0. The number of methoxy groups -OCH3 is 1. The summed E-state index contributed by atoms with van der Waals surface area (Å²) in [5.74, 6) is -1.53. The molecule has 1 aromatic carbocycles. The quantitative estimate of drug-likeness (QED) is 0.821. The lowest BCUT2D eigenvalue weighted by Gasteiger charge is -2.23. The minimum Gasteiger partial charge on any atom is -0.481 e. The largest absolute Gasteiger partial charge is 0.481 e. The van der Waals surface area contributed by atoms with Crippen LogP contribution in [0.25, 0.3) is 10.9 Å². The number of carboxylic acid groups (broad SMARTS) is 1. The maximum atomic E-state index is 11.5. The molecule has 1 aromatic heterocycles. The van der Waals surface area contributed by atoms with Crippen LogP contribution in [-0.2, 0) is 20.7 Å². The van der Waals surface area contributed by atoms with E-state index in [1.165, 1.54) is 7.11 Å². The molecule has 106 valence electrons. The van der Waals surface area contributed by atoms with Crippen LogP contribution in [0.5, 0.6) is 0 Å². The summed E-state index contributed by atoms with van der Waals surface area (Å²) in [6.07, 6.45) is 1.91. The summed E-state index contributed by atoms with van der Waals surface area (Å²) in [6.45, 7) is 1.56. The number of hydrogen-bond acceptors (Lipinski definition) is 3. The van der Waals surface area contributed by atoms with E-state index in [1.54, 1.807) is 13.1 Å². The van der Waals surface area contributed by atoms with Gasteiger partial charge in [-0.05, 0) is 25.0 Å². The van der Waals surface area contributed by atoms with Gasteiger partial charge in [-0.2, -0.15) is 0 Å². The standard InChI is InChI=1S/C15H17NO4/c1-15(14(18)19,8-13(17)20-2)7-10-9-16-12-6-4-3-5-11(10)12/h3-6,9,16H,7-8H2,1-2H3,(H,18,19). The zero-order valence-electron chi connectivity index (χ0n) is 11.5. The average Bonchev–Trinajstić information content (AvgIpc) is 2.81. The second-order valence-electron chi connectivity index (χ2n) is 5.15. The predicted octanol–water partition coefficient (Wildman–Crippen LogP) is 2.36. The van der Waals surface area contributed by atoms with Gasteiger partial charge in [-0.25, -0.2) is 0 Å². The molecule has 0 spiro atoms. The Balaban J connectivity index is 2.33. The lowest BCUT2D eigenvalue weighted by Crippen LogP contribution is -2.33. The van der Waals surface area contributed by atoms with Gasteiger partial charge < -0.3 is 14.8 Å². The molecule has 0 aliphatic rings.